The fraction of sp³-hybridized carbons (Fsp3) is 0.333. The number of thioether (sulfide) groups is 1. The third-order valence-corrected chi connectivity index (χ3v) is 5.52. The molecule has 0 aliphatic carbocycles. The summed E-state index contributed by atoms with van der Waals surface area (Å²) in [6, 6.07) is 8.35. The van der Waals surface area contributed by atoms with E-state index in [1.807, 2.05) is 6.92 Å². The summed E-state index contributed by atoms with van der Waals surface area (Å²) < 4.78 is 46.6. The fourth-order valence-corrected chi connectivity index (χ4v) is 4.09. The topological polar surface area (TPSA) is 69.9 Å². The molecule has 0 aliphatic rings. The average molecular weight is 450 g/mol. The van der Waals surface area contributed by atoms with Crippen LogP contribution in [0.2, 0.25) is 0 Å². The molecule has 2 heterocycles. The van der Waals surface area contributed by atoms with Crippen molar-refractivity contribution in [1.29, 1.82) is 0 Å². The van der Waals surface area contributed by atoms with Crippen LogP contribution in [0.5, 0.6) is 0 Å². The van der Waals surface area contributed by atoms with Crippen molar-refractivity contribution >= 4 is 17.7 Å². The highest BCUT2D eigenvalue weighted by Gasteiger charge is 2.31. The second-order valence-corrected chi connectivity index (χ2v) is 7.75. The molecular weight excluding hydrogens is 429 g/mol. The predicted octanol–water partition coefficient (Wildman–Crippen LogP) is 5.17. The molecule has 164 valence electrons. The standard InChI is InChI=1S/C21H21F3N4O2S/c1-3-7-17(19(29)30-4-2)31-20-27-26-18(14-8-6-11-25-13-14)28(20)16-10-5-9-15(12-16)21(22,23)24/h5-6,8-13,17H,3-4,7H2,1-2H3/t17-/m0/s1. The van der Waals surface area contributed by atoms with Crippen LogP contribution in [-0.4, -0.2) is 37.6 Å². The number of carbonyl (C=O) groups excluding carboxylic acids is 1. The van der Waals surface area contributed by atoms with Crippen molar-refractivity contribution in [1.82, 2.24) is 19.7 Å². The summed E-state index contributed by atoms with van der Waals surface area (Å²) in [6.45, 7) is 3.89. The second kappa shape index (κ2) is 9.95. The number of hydrogen-bond donors (Lipinski definition) is 0. The first-order valence-corrected chi connectivity index (χ1v) is 10.6. The number of pyridine rings is 1. The Labute approximate surface area is 181 Å². The maximum Gasteiger partial charge on any atom is 0.416 e. The third-order valence-electron chi connectivity index (χ3n) is 4.33. The lowest BCUT2D eigenvalue weighted by Crippen LogP contribution is -2.21. The van der Waals surface area contributed by atoms with Crippen molar-refractivity contribution in [3.05, 3.63) is 54.4 Å². The van der Waals surface area contributed by atoms with E-state index in [0.29, 0.717) is 23.0 Å². The fourth-order valence-electron chi connectivity index (χ4n) is 2.93. The highest BCUT2D eigenvalue weighted by molar-refractivity contribution is 8.00. The van der Waals surface area contributed by atoms with Crippen molar-refractivity contribution in [3.63, 3.8) is 0 Å². The molecule has 10 heteroatoms. The molecule has 0 spiro atoms. The van der Waals surface area contributed by atoms with Gasteiger partial charge in [-0.15, -0.1) is 10.2 Å². The van der Waals surface area contributed by atoms with Crippen LogP contribution < -0.4 is 0 Å². The number of aromatic nitrogens is 4. The summed E-state index contributed by atoms with van der Waals surface area (Å²) in [7, 11) is 0. The summed E-state index contributed by atoms with van der Waals surface area (Å²) in [6.07, 6.45) is -0.105. The molecule has 0 N–H and O–H groups in total. The molecule has 31 heavy (non-hydrogen) atoms. The van der Waals surface area contributed by atoms with E-state index in [4.69, 9.17) is 4.74 Å². The molecule has 0 saturated carbocycles. The van der Waals surface area contributed by atoms with Crippen molar-refractivity contribution in [3.8, 4) is 17.1 Å². The van der Waals surface area contributed by atoms with Crippen LogP contribution in [-0.2, 0) is 15.7 Å². The Hall–Kier alpha value is -2.88. The monoisotopic (exact) mass is 450 g/mol. The molecule has 0 radical (unpaired) electrons. The van der Waals surface area contributed by atoms with Gasteiger partial charge >= 0.3 is 12.1 Å². The highest BCUT2D eigenvalue weighted by Crippen LogP contribution is 2.35. The van der Waals surface area contributed by atoms with Gasteiger partial charge in [-0.05, 0) is 43.7 Å². The van der Waals surface area contributed by atoms with Gasteiger partial charge in [0.05, 0.1) is 17.9 Å². The van der Waals surface area contributed by atoms with E-state index < -0.39 is 23.0 Å². The van der Waals surface area contributed by atoms with Crippen molar-refractivity contribution in [2.75, 3.05) is 6.61 Å². The molecule has 2 aromatic heterocycles. The number of carbonyl (C=O) groups is 1. The zero-order chi connectivity index (χ0) is 22.4. The Balaban J connectivity index is 2.11. The molecule has 1 aromatic carbocycles. The van der Waals surface area contributed by atoms with Crippen molar-refractivity contribution in [2.24, 2.45) is 0 Å². The van der Waals surface area contributed by atoms with E-state index in [0.717, 1.165) is 30.3 Å². The van der Waals surface area contributed by atoms with E-state index >= 15 is 0 Å². The molecule has 1 atom stereocenters. The smallest absolute Gasteiger partial charge is 0.416 e. The number of esters is 1. The van der Waals surface area contributed by atoms with Gasteiger partial charge in [0.1, 0.15) is 5.25 Å². The second-order valence-electron chi connectivity index (χ2n) is 6.58. The van der Waals surface area contributed by atoms with Gasteiger partial charge in [-0.2, -0.15) is 13.2 Å². The number of nitrogens with zero attached hydrogens (tertiary/aromatic N) is 4. The zero-order valence-corrected chi connectivity index (χ0v) is 17.8. The Bertz CT molecular complexity index is 1020. The first-order valence-electron chi connectivity index (χ1n) is 9.71. The van der Waals surface area contributed by atoms with Crippen molar-refractivity contribution in [2.45, 2.75) is 43.3 Å². The Kier molecular flexibility index (Phi) is 7.32. The van der Waals surface area contributed by atoms with Crippen LogP contribution in [0.4, 0.5) is 13.2 Å². The third kappa shape index (κ3) is 5.43. The average Bonchev–Trinajstić information content (AvgIpc) is 3.17. The van der Waals surface area contributed by atoms with E-state index in [1.54, 1.807) is 37.5 Å². The van der Waals surface area contributed by atoms with Crippen LogP contribution in [0, 0.1) is 0 Å². The van der Waals surface area contributed by atoms with Gasteiger partial charge in [0.2, 0.25) is 0 Å². The minimum Gasteiger partial charge on any atom is -0.465 e. The number of halogens is 3. The number of ether oxygens (including phenoxy) is 1. The van der Waals surface area contributed by atoms with Gasteiger partial charge in [-0.3, -0.25) is 14.3 Å². The summed E-state index contributed by atoms with van der Waals surface area (Å²) in [5.74, 6) is -0.0649. The van der Waals surface area contributed by atoms with Crippen molar-refractivity contribution < 1.29 is 22.7 Å². The Morgan fingerprint density at radius 2 is 2.00 bits per heavy atom. The van der Waals surface area contributed by atoms with Gasteiger partial charge < -0.3 is 4.74 Å². The number of benzene rings is 1. The molecule has 0 unspecified atom stereocenters. The van der Waals surface area contributed by atoms with Crippen LogP contribution in [0.15, 0.2) is 53.9 Å². The Morgan fingerprint density at radius 3 is 2.65 bits per heavy atom. The van der Waals surface area contributed by atoms with Gasteiger partial charge in [-0.25, -0.2) is 0 Å². The number of alkyl halides is 3. The minimum absolute atomic E-state index is 0.236. The van der Waals surface area contributed by atoms with Crippen LogP contribution in [0.3, 0.4) is 0 Å². The van der Waals surface area contributed by atoms with E-state index in [-0.39, 0.29) is 12.3 Å². The molecule has 0 bridgehead atoms. The van der Waals surface area contributed by atoms with Gasteiger partial charge in [-0.1, -0.05) is 31.2 Å². The molecule has 0 aliphatic heterocycles. The normalized spacial score (nSPS) is 12.5. The summed E-state index contributed by atoms with van der Waals surface area (Å²) >= 11 is 1.12. The molecule has 0 amide bonds. The van der Waals surface area contributed by atoms with Crippen LogP contribution in [0.1, 0.15) is 32.3 Å². The van der Waals surface area contributed by atoms with E-state index in [2.05, 4.69) is 15.2 Å². The van der Waals surface area contributed by atoms with Gasteiger partial charge in [0.25, 0.3) is 0 Å². The molecule has 3 aromatic rings. The SMILES string of the molecule is CCC[C@H](Sc1nnc(-c2cccnc2)n1-c1cccc(C(F)(F)F)c1)C(=O)OCC. The lowest BCUT2D eigenvalue weighted by atomic mass is 10.2. The summed E-state index contributed by atoms with van der Waals surface area (Å²) in [4.78, 5) is 16.5. The number of rotatable bonds is 8. The van der Waals surface area contributed by atoms with E-state index in [1.165, 1.54) is 10.6 Å². The largest absolute Gasteiger partial charge is 0.465 e. The lowest BCUT2D eigenvalue weighted by Gasteiger charge is -2.16. The maximum atomic E-state index is 13.3. The molecule has 6 nitrogen and oxygen atoms in total. The maximum absolute atomic E-state index is 13.3. The van der Waals surface area contributed by atoms with Crippen LogP contribution in [0.25, 0.3) is 17.1 Å². The molecule has 0 fully saturated rings. The Morgan fingerprint density at radius 1 is 1.19 bits per heavy atom. The molecule has 3 rings (SSSR count). The first kappa shape index (κ1) is 22.8. The summed E-state index contributed by atoms with van der Waals surface area (Å²) in [5.41, 5.74) is 0.0324. The predicted molar refractivity (Wildman–Crippen MR) is 111 cm³/mol. The first-order chi connectivity index (χ1) is 14.8. The lowest BCUT2D eigenvalue weighted by molar-refractivity contribution is -0.142. The van der Waals surface area contributed by atoms with Crippen LogP contribution >= 0.6 is 11.8 Å². The molecular formula is C21H21F3N4O2S. The summed E-state index contributed by atoms with van der Waals surface area (Å²) in [5, 5.41) is 8.12. The quantitative estimate of drug-likeness (QED) is 0.348. The van der Waals surface area contributed by atoms with E-state index in [9.17, 15) is 18.0 Å². The minimum atomic E-state index is -4.50. The van der Waals surface area contributed by atoms with Gasteiger partial charge in [0, 0.05) is 18.0 Å². The molecule has 0 saturated heterocycles. The number of hydrogen-bond acceptors (Lipinski definition) is 6. The zero-order valence-electron chi connectivity index (χ0n) is 17.0. The van der Waals surface area contributed by atoms with Gasteiger partial charge in [0.15, 0.2) is 11.0 Å². The highest BCUT2D eigenvalue weighted by atomic mass is 32.2.